The summed E-state index contributed by atoms with van der Waals surface area (Å²) in [5.74, 6) is 0.119. The van der Waals surface area contributed by atoms with Crippen molar-refractivity contribution in [2.75, 3.05) is 11.4 Å². The van der Waals surface area contributed by atoms with Crippen molar-refractivity contribution in [1.82, 2.24) is 0 Å². The molecule has 0 bridgehead atoms. The van der Waals surface area contributed by atoms with Gasteiger partial charge in [-0.1, -0.05) is 12.1 Å². The Kier molecular flexibility index (Phi) is 5.47. The SMILES string of the molecule is CCCN(c1ccc(/C(N)=N/O)cc1Br)C(C)C. The standard InChI is InChI=1S/C13H20BrN3O/c1-4-7-17(9(2)3)12-6-5-10(8-11(12)14)13(15)16-18/h5-6,8-9,18H,4,7H2,1-3H3,(H2,15,16). The van der Waals surface area contributed by atoms with Crippen molar-refractivity contribution in [3.05, 3.63) is 28.2 Å². The molecule has 0 aliphatic carbocycles. The van der Waals surface area contributed by atoms with Crippen LogP contribution in [0.25, 0.3) is 0 Å². The second kappa shape index (κ2) is 6.64. The number of benzene rings is 1. The molecule has 0 atom stereocenters. The Balaban J connectivity index is 3.10. The van der Waals surface area contributed by atoms with Gasteiger partial charge in [0.05, 0.1) is 5.69 Å². The molecule has 0 unspecified atom stereocenters. The highest BCUT2D eigenvalue weighted by atomic mass is 79.9. The molecule has 0 saturated carbocycles. The largest absolute Gasteiger partial charge is 0.409 e. The van der Waals surface area contributed by atoms with Gasteiger partial charge >= 0.3 is 0 Å². The zero-order chi connectivity index (χ0) is 13.7. The van der Waals surface area contributed by atoms with Crippen LogP contribution in [0.3, 0.4) is 0 Å². The Hall–Kier alpha value is -1.23. The van der Waals surface area contributed by atoms with Crippen molar-refractivity contribution in [2.24, 2.45) is 10.9 Å². The van der Waals surface area contributed by atoms with Crippen molar-refractivity contribution >= 4 is 27.5 Å². The summed E-state index contributed by atoms with van der Waals surface area (Å²) in [6.07, 6.45) is 1.09. The normalized spacial score (nSPS) is 11.9. The average Bonchev–Trinajstić information content (AvgIpc) is 2.35. The van der Waals surface area contributed by atoms with Crippen LogP contribution in [0.2, 0.25) is 0 Å². The minimum absolute atomic E-state index is 0.119. The molecule has 0 aliphatic rings. The highest BCUT2D eigenvalue weighted by Crippen LogP contribution is 2.29. The number of anilines is 1. The van der Waals surface area contributed by atoms with Gasteiger partial charge in [-0.25, -0.2) is 0 Å². The lowest BCUT2D eigenvalue weighted by Gasteiger charge is -2.29. The molecule has 3 N–H and O–H groups in total. The van der Waals surface area contributed by atoms with Crippen molar-refractivity contribution in [2.45, 2.75) is 33.2 Å². The zero-order valence-electron chi connectivity index (χ0n) is 11.0. The van der Waals surface area contributed by atoms with E-state index in [4.69, 9.17) is 10.9 Å². The first-order chi connectivity index (χ1) is 8.51. The molecule has 0 aliphatic heterocycles. The highest BCUT2D eigenvalue weighted by Gasteiger charge is 2.13. The third-order valence-electron chi connectivity index (χ3n) is 2.75. The van der Waals surface area contributed by atoms with E-state index in [-0.39, 0.29) is 5.84 Å². The van der Waals surface area contributed by atoms with E-state index in [1.807, 2.05) is 18.2 Å². The summed E-state index contributed by atoms with van der Waals surface area (Å²) in [6.45, 7) is 7.49. The smallest absolute Gasteiger partial charge is 0.170 e. The second-order valence-electron chi connectivity index (χ2n) is 4.44. The molecule has 0 spiro atoms. The number of nitrogens with two attached hydrogens (primary N) is 1. The van der Waals surface area contributed by atoms with Gasteiger partial charge < -0.3 is 15.8 Å². The molecular weight excluding hydrogens is 294 g/mol. The lowest BCUT2D eigenvalue weighted by Crippen LogP contribution is -2.31. The van der Waals surface area contributed by atoms with E-state index in [2.05, 4.69) is 46.8 Å². The number of halogens is 1. The molecule has 5 heteroatoms. The van der Waals surface area contributed by atoms with Crippen LogP contribution in [0.1, 0.15) is 32.8 Å². The van der Waals surface area contributed by atoms with Gasteiger partial charge in [-0.05, 0) is 54.4 Å². The number of amidine groups is 1. The fourth-order valence-corrected chi connectivity index (χ4v) is 2.46. The number of hydrogen-bond acceptors (Lipinski definition) is 3. The van der Waals surface area contributed by atoms with Gasteiger partial charge in [-0.3, -0.25) is 0 Å². The number of oxime groups is 1. The van der Waals surface area contributed by atoms with E-state index < -0.39 is 0 Å². The van der Waals surface area contributed by atoms with Crippen molar-refractivity contribution in [3.8, 4) is 0 Å². The molecule has 0 radical (unpaired) electrons. The van der Waals surface area contributed by atoms with E-state index in [0.717, 1.165) is 23.1 Å². The van der Waals surface area contributed by atoms with Crippen LogP contribution in [-0.4, -0.2) is 23.6 Å². The average molecular weight is 314 g/mol. The van der Waals surface area contributed by atoms with E-state index in [1.165, 1.54) is 0 Å². The second-order valence-corrected chi connectivity index (χ2v) is 5.29. The summed E-state index contributed by atoms with van der Waals surface area (Å²) in [5, 5.41) is 11.7. The Labute approximate surface area is 117 Å². The van der Waals surface area contributed by atoms with Crippen molar-refractivity contribution in [3.63, 3.8) is 0 Å². The maximum Gasteiger partial charge on any atom is 0.170 e. The summed E-state index contributed by atoms with van der Waals surface area (Å²) in [7, 11) is 0. The van der Waals surface area contributed by atoms with Crippen molar-refractivity contribution < 1.29 is 5.21 Å². The first kappa shape index (κ1) is 14.8. The van der Waals surface area contributed by atoms with Crippen molar-refractivity contribution in [1.29, 1.82) is 0 Å². The zero-order valence-corrected chi connectivity index (χ0v) is 12.6. The maximum atomic E-state index is 8.67. The molecule has 0 amide bonds. The minimum Gasteiger partial charge on any atom is -0.409 e. The number of nitrogens with zero attached hydrogens (tertiary/aromatic N) is 2. The molecular formula is C13H20BrN3O. The first-order valence-corrected chi connectivity index (χ1v) is 6.84. The van der Waals surface area contributed by atoms with Crippen LogP contribution < -0.4 is 10.6 Å². The Morgan fingerprint density at radius 2 is 2.17 bits per heavy atom. The van der Waals surface area contributed by atoms with Crippen LogP contribution >= 0.6 is 15.9 Å². The van der Waals surface area contributed by atoms with Gasteiger partial charge in [0.1, 0.15) is 0 Å². The molecule has 100 valence electrons. The number of hydrogen-bond donors (Lipinski definition) is 2. The van der Waals surface area contributed by atoms with Gasteiger partial charge in [0.15, 0.2) is 5.84 Å². The van der Waals surface area contributed by atoms with E-state index in [1.54, 1.807) is 0 Å². The highest BCUT2D eigenvalue weighted by molar-refractivity contribution is 9.10. The fraction of sp³-hybridized carbons (Fsp3) is 0.462. The summed E-state index contributed by atoms with van der Waals surface area (Å²) in [6, 6.07) is 6.15. The van der Waals surface area contributed by atoms with Crippen LogP contribution in [-0.2, 0) is 0 Å². The summed E-state index contributed by atoms with van der Waals surface area (Å²) in [5.41, 5.74) is 7.40. The van der Waals surface area contributed by atoms with Crippen LogP contribution in [0.15, 0.2) is 27.8 Å². The first-order valence-electron chi connectivity index (χ1n) is 6.05. The molecule has 0 heterocycles. The van der Waals surface area contributed by atoms with Gasteiger partial charge in [-0.15, -0.1) is 0 Å². The molecule has 1 aromatic carbocycles. The molecule has 1 aromatic rings. The summed E-state index contributed by atoms with van der Waals surface area (Å²) in [4.78, 5) is 2.32. The minimum atomic E-state index is 0.119. The fourth-order valence-electron chi connectivity index (χ4n) is 1.85. The third-order valence-corrected chi connectivity index (χ3v) is 3.38. The van der Waals surface area contributed by atoms with Gasteiger partial charge in [0, 0.05) is 22.6 Å². The summed E-state index contributed by atoms with van der Waals surface area (Å²) < 4.78 is 0.953. The van der Waals surface area contributed by atoms with Crippen LogP contribution in [0, 0.1) is 0 Å². The lowest BCUT2D eigenvalue weighted by molar-refractivity contribution is 0.318. The maximum absolute atomic E-state index is 8.67. The van der Waals surface area contributed by atoms with Gasteiger partial charge in [0.25, 0.3) is 0 Å². The van der Waals surface area contributed by atoms with Gasteiger partial charge in [-0.2, -0.15) is 0 Å². The Morgan fingerprint density at radius 3 is 2.61 bits per heavy atom. The van der Waals surface area contributed by atoms with Gasteiger partial charge in [0.2, 0.25) is 0 Å². The lowest BCUT2D eigenvalue weighted by atomic mass is 10.1. The molecule has 0 saturated heterocycles. The van der Waals surface area contributed by atoms with E-state index in [0.29, 0.717) is 11.6 Å². The summed E-state index contributed by atoms with van der Waals surface area (Å²) >= 11 is 3.55. The van der Waals surface area contributed by atoms with Crippen LogP contribution in [0.5, 0.6) is 0 Å². The molecule has 4 nitrogen and oxygen atoms in total. The van der Waals surface area contributed by atoms with Crippen LogP contribution in [0.4, 0.5) is 5.69 Å². The Morgan fingerprint density at radius 1 is 1.50 bits per heavy atom. The van der Waals surface area contributed by atoms with E-state index >= 15 is 0 Å². The monoisotopic (exact) mass is 313 g/mol. The predicted molar refractivity (Wildman–Crippen MR) is 79.4 cm³/mol. The molecule has 0 fully saturated rings. The topological polar surface area (TPSA) is 61.8 Å². The Bertz CT molecular complexity index is 432. The predicted octanol–water partition coefficient (Wildman–Crippen LogP) is 3.17. The number of rotatable bonds is 5. The molecule has 0 aromatic heterocycles. The van der Waals surface area contributed by atoms with E-state index in [9.17, 15) is 0 Å². The quantitative estimate of drug-likeness (QED) is 0.380. The molecule has 18 heavy (non-hydrogen) atoms. The third kappa shape index (κ3) is 3.38. The molecule has 1 rings (SSSR count).